The van der Waals surface area contributed by atoms with E-state index in [1.54, 1.807) is 0 Å². The van der Waals surface area contributed by atoms with Crippen molar-refractivity contribution in [2.75, 3.05) is 26.9 Å². The Bertz CT molecular complexity index is 936. The number of unbranched alkanes of at least 4 members (excludes halogenated alkanes) is 2. The summed E-state index contributed by atoms with van der Waals surface area (Å²) < 4.78 is 22.6. The Morgan fingerprint density at radius 3 is 2.48 bits per heavy atom. The fourth-order valence-electron chi connectivity index (χ4n) is 3.93. The van der Waals surface area contributed by atoms with E-state index in [9.17, 15) is 9.59 Å². The van der Waals surface area contributed by atoms with Gasteiger partial charge in [0.05, 0.1) is 32.5 Å². The van der Waals surface area contributed by atoms with Gasteiger partial charge < -0.3 is 18.9 Å². The molecule has 0 aromatic heterocycles. The fourth-order valence-corrected chi connectivity index (χ4v) is 3.93. The van der Waals surface area contributed by atoms with Crippen molar-refractivity contribution in [1.82, 2.24) is 0 Å². The lowest BCUT2D eigenvalue weighted by Gasteiger charge is -2.22. The van der Waals surface area contributed by atoms with E-state index in [0.29, 0.717) is 50.4 Å². The largest absolute Gasteiger partial charge is 0.493 e. The van der Waals surface area contributed by atoms with Crippen LogP contribution in [0.1, 0.15) is 66.9 Å². The molecule has 0 spiro atoms. The van der Waals surface area contributed by atoms with Crippen molar-refractivity contribution in [3.63, 3.8) is 0 Å². The highest BCUT2D eigenvalue weighted by atomic mass is 16.5. The number of carbonyl (C=O) groups is 2. The molecule has 2 aromatic carbocycles. The summed E-state index contributed by atoms with van der Waals surface area (Å²) in [6, 6.07) is 11.5. The predicted octanol–water partition coefficient (Wildman–Crippen LogP) is 5.34. The molecule has 0 fully saturated rings. The van der Waals surface area contributed by atoms with Crippen molar-refractivity contribution < 1.29 is 28.5 Å². The van der Waals surface area contributed by atoms with Crippen LogP contribution in [0.3, 0.4) is 0 Å². The Balaban J connectivity index is 1.42. The van der Waals surface area contributed by atoms with Gasteiger partial charge in [-0.05, 0) is 55.9 Å². The average molecular weight is 455 g/mol. The molecule has 0 aliphatic carbocycles. The molecule has 33 heavy (non-hydrogen) atoms. The molecule has 0 bridgehead atoms. The highest BCUT2D eigenvalue weighted by molar-refractivity contribution is 6.00. The zero-order valence-electron chi connectivity index (χ0n) is 19.7. The van der Waals surface area contributed by atoms with E-state index >= 15 is 0 Å². The summed E-state index contributed by atoms with van der Waals surface area (Å²) in [5, 5.41) is 0. The smallest absolute Gasteiger partial charge is 0.305 e. The van der Waals surface area contributed by atoms with E-state index in [1.807, 2.05) is 36.4 Å². The molecule has 0 N–H and O–H groups in total. The Morgan fingerprint density at radius 2 is 1.73 bits per heavy atom. The maximum atomic E-state index is 12.2. The van der Waals surface area contributed by atoms with Crippen LogP contribution in [0.15, 0.2) is 36.4 Å². The third-order valence-electron chi connectivity index (χ3n) is 5.70. The summed E-state index contributed by atoms with van der Waals surface area (Å²) in [5.41, 5.74) is 2.71. The van der Waals surface area contributed by atoms with Gasteiger partial charge in [0, 0.05) is 18.4 Å². The van der Waals surface area contributed by atoms with Crippen LogP contribution in [0, 0.1) is 0 Å². The SMILES string of the molecule is CCCc1c(OCCCCCOc2ccccc2CCC(=O)OC)ccc2c1OCCC2=O. The van der Waals surface area contributed by atoms with Crippen molar-refractivity contribution >= 4 is 11.8 Å². The van der Waals surface area contributed by atoms with Gasteiger partial charge in [0.1, 0.15) is 17.2 Å². The summed E-state index contributed by atoms with van der Waals surface area (Å²) >= 11 is 0. The molecule has 1 heterocycles. The predicted molar refractivity (Wildman–Crippen MR) is 126 cm³/mol. The molecule has 0 amide bonds. The first-order chi connectivity index (χ1) is 16.1. The van der Waals surface area contributed by atoms with Crippen LogP contribution in [0.4, 0.5) is 0 Å². The van der Waals surface area contributed by atoms with Crippen LogP contribution in [0.25, 0.3) is 0 Å². The molecule has 6 heteroatoms. The van der Waals surface area contributed by atoms with E-state index < -0.39 is 0 Å². The number of para-hydroxylation sites is 1. The molecule has 6 nitrogen and oxygen atoms in total. The van der Waals surface area contributed by atoms with E-state index in [4.69, 9.17) is 18.9 Å². The number of Topliss-reactive ketones (excluding diaryl/α,β-unsaturated/α-hetero) is 1. The molecule has 0 atom stereocenters. The zero-order valence-corrected chi connectivity index (χ0v) is 19.7. The highest BCUT2D eigenvalue weighted by Gasteiger charge is 2.23. The number of hydrogen-bond donors (Lipinski definition) is 0. The number of methoxy groups -OCH3 is 1. The number of esters is 1. The second-order valence-corrected chi connectivity index (χ2v) is 8.13. The van der Waals surface area contributed by atoms with Crippen LogP contribution in [0.5, 0.6) is 17.2 Å². The summed E-state index contributed by atoms with van der Waals surface area (Å²) in [6.07, 6.45) is 5.98. The standard InChI is InChI=1S/C27H34O6/c1-3-9-22-25(14-13-21-23(28)16-19-33-27(21)22)32-18-8-4-7-17-31-24-11-6-5-10-20(24)12-15-26(29)30-2/h5-6,10-11,13-14H,3-4,7-9,12,15-19H2,1-2H3. The first kappa shape index (κ1) is 24.6. The molecule has 178 valence electrons. The average Bonchev–Trinajstić information content (AvgIpc) is 2.84. The first-order valence-electron chi connectivity index (χ1n) is 11.9. The monoisotopic (exact) mass is 454 g/mol. The maximum absolute atomic E-state index is 12.2. The van der Waals surface area contributed by atoms with Crippen molar-refractivity contribution in [2.24, 2.45) is 0 Å². The van der Waals surface area contributed by atoms with Crippen LogP contribution in [-0.4, -0.2) is 38.7 Å². The van der Waals surface area contributed by atoms with Gasteiger partial charge in [0.2, 0.25) is 0 Å². The van der Waals surface area contributed by atoms with Gasteiger partial charge in [-0.2, -0.15) is 0 Å². The molecule has 0 radical (unpaired) electrons. The lowest BCUT2D eigenvalue weighted by molar-refractivity contribution is -0.140. The molecular formula is C27H34O6. The van der Waals surface area contributed by atoms with Crippen LogP contribution < -0.4 is 14.2 Å². The first-order valence-corrected chi connectivity index (χ1v) is 11.9. The van der Waals surface area contributed by atoms with E-state index in [2.05, 4.69) is 6.92 Å². The van der Waals surface area contributed by atoms with Crippen molar-refractivity contribution in [3.05, 3.63) is 53.1 Å². The number of rotatable bonds is 13. The molecule has 1 aliphatic heterocycles. The minimum Gasteiger partial charge on any atom is -0.493 e. The second-order valence-electron chi connectivity index (χ2n) is 8.13. The third kappa shape index (κ3) is 6.98. The third-order valence-corrected chi connectivity index (χ3v) is 5.70. The molecule has 0 saturated heterocycles. The van der Waals surface area contributed by atoms with Crippen molar-refractivity contribution in [3.8, 4) is 17.2 Å². The number of ether oxygens (including phenoxy) is 4. The quantitative estimate of drug-likeness (QED) is 0.301. The fraction of sp³-hybridized carbons (Fsp3) is 0.481. The van der Waals surface area contributed by atoms with Gasteiger partial charge in [-0.3, -0.25) is 9.59 Å². The minimum absolute atomic E-state index is 0.145. The topological polar surface area (TPSA) is 71.1 Å². The lowest BCUT2D eigenvalue weighted by atomic mass is 9.98. The van der Waals surface area contributed by atoms with E-state index in [0.717, 1.165) is 54.7 Å². The number of benzene rings is 2. The Morgan fingerprint density at radius 1 is 0.970 bits per heavy atom. The number of hydrogen-bond acceptors (Lipinski definition) is 6. The van der Waals surface area contributed by atoms with Gasteiger partial charge in [-0.1, -0.05) is 31.5 Å². The summed E-state index contributed by atoms with van der Waals surface area (Å²) in [7, 11) is 1.40. The highest BCUT2D eigenvalue weighted by Crippen LogP contribution is 2.36. The minimum atomic E-state index is -0.219. The Kier molecular flexibility index (Phi) is 9.60. The zero-order chi connectivity index (χ0) is 23.5. The van der Waals surface area contributed by atoms with Gasteiger partial charge >= 0.3 is 5.97 Å². The Hall–Kier alpha value is -3.02. The van der Waals surface area contributed by atoms with Crippen LogP contribution in [0.2, 0.25) is 0 Å². The van der Waals surface area contributed by atoms with Crippen LogP contribution in [-0.2, 0) is 22.4 Å². The van der Waals surface area contributed by atoms with Crippen molar-refractivity contribution in [1.29, 1.82) is 0 Å². The number of carbonyl (C=O) groups excluding carboxylic acids is 2. The van der Waals surface area contributed by atoms with E-state index in [-0.39, 0.29) is 11.8 Å². The number of aryl methyl sites for hydroxylation is 1. The molecule has 0 saturated carbocycles. The molecular weight excluding hydrogens is 420 g/mol. The summed E-state index contributed by atoms with van der Waals surface area (Å²) in [6.45, 7) is 3.78. The summed E-state index contributed by atoms with van der Waals surface area (Å²) in [5.74, 6) is 2.28. The van der Waals surface area contributed by atoms with Gasteiger partial charge in [0.15, 0.2) is 5.78 Å². The maximum Gasteiger partial charge on any atom is 0.305 e. The van der Waals surface area contributed by atoms with Crippen molar-refractivity contribution in [2.45, 2.75) is 58.3 Å². The molecule has 1 aliphatic rings. The normalized spacial score (nSPS) is 12.6. The number of ketones is 1. The van der Waals surface area contributed by atoms with Gasteiger partial charge in [0.25, 0.3) is 0 Å². The lowest BCUT2D eigenvalue weighted by Crippen LogP contribution is -2.17. The van der Waals surface area contributed by atoms with Gasteiger partial charge in [-0.15, -0.1) is 0 Å². The summed E-state index contributed by atoms with van der Waals surface area (Å²) in [4.78, 5) is 23.6. The second kappa shape index (κ2) is 12.9. The van der Waals surface area contributed by atoms with E-state index in [1.165, 1.54) is 7.11 Å². The number of fused-ring (bicyclic) bond motifs is 1. The Labute approximate surface area is 196 Å². The molecule has 3 rings (SSSR count). The van der Waals surface area contributed by atoms with Gasteiger partial charge in [-0.25, -0.2) is 0 Å². The molecule has 2 aromatic rings. The van der Waals surface area contributed by atoms with Crippen LogP contribution >= 0.6 is 0 Å². The molecule has 0 unspecified atom stereocenters.